The summed E-state index contributed by atoms with van der Waals surface area (Å²) in [4.78, 5) is 17.2. The minimum Gasteiger partial charge on any atom is -0.348 e. The molecule has 0 aliphatic heterocycles. The number of para-hydroxylation sites is 2. The topological polar surface area (TPSA) is 81.1 Å². The second-order valence-electron chi connectivity index (χ2n) is 7.32. The van der Waals surface area contributed by atoms with E-state index in [1.165, 1.54) is 6.26 Å². The first kappa shape index (κ1) is 20.1. The van der Waals surface area contributed by atoms with Crippen LogP contribution in [-0.2, 0) is 26.9 Å². The number of carbonyl (C=O) groups excluding carboxylic acids is 1. The lowest BCUT2D eigenvalue weighted by molar-refractivity contribution is -0.122. The molecular weight excluding hydrogens is 374 g/mol. The summed E-state index contributed by atoms with van der Waals surface area (Å²) in [6, 6.07) is 13.4. The van der Waals surface area contributed by atoms with Gasteiger partial charge in [0.2, 0.25) is 5.91 Å². The first-order valence-corrected chi connectivity index (χ1v) is 11.2. The molecule has 0 saturated carbocycles. The van der Waals surface area contributed by atoms with E-state index in [9.17, 15) is 13.2 Å². The fraction of sp³-hybridized carbons (Fsp3) is 0.333. The lowest BCUT2D eigenvalue weighted by Gasteiger charge is -2.18. The number of fused-ring (bicyclic) bond motifs is 1. The first-order chi connectivity index (χ1) is 13.1. The van der Waals surface area contributed by atoms with E-state index in [4.69, 9.17) is 0 Å². The van der Waals surface area contributed by atoms with Crippen LogP contribution in [0.5, 0.6) is 0 Å². The van der Waals surface area contributed by atoms with Crippen molar-refractivity contribution in [2.45, 2.75) is 39.1 Å². The number of rotatable bonds is 6. The molecule has 0 bridgehead atoms. The zero-order chi connectivity index (χ0) is 20.5. The molecule has 0 saturated heterocycles. The SMILES string of the molecule is Cc1ccc(C)c(C(C)NC(=O)Cn2c(CS(C)(=O)=O)nc3ccccc32)c1. The van der Waals surface area contributed by atoms with Gasteiger partial charge in [0, 0.05) is 6.26 Å². The van der Waals surface area contributed by atoms with E-state index in [1.807, 2.05) is 57.2 Å². The molecule has 148 valence electrons. The average Bonchev–Trinajstić information content (AvgIpc) is 2.92. The van der Waals surface area contributed by atoms with Crippen LogP contribution in [0.1, 0.15) is 35.5 Å². The molecule has 28 heavy (non-hydrogen) atoms. The zero-order valence-electron chi connectivity index (χ0n) is 16.6. The normalized spacial score (nSPS) is 12.9. The summed E-state index contributed by atoms with van der Waals surface area (Å²) >= 11 is 0. The van der Waals surface area contributed by atoms with Crippen molar-refractivity contribution in [1.82, 2.24) is 14.9 Å². The van der Waals surface area contributed by atoms with E-state index in [-0.39, 0.29) is 24.2 Å². The lowest BCUT2D eigenvalue weighted by Crippen LogP contribution is -2.31. The van der Waals surface area contributed by atoms with Gasteiger partial charge in [-0.25, -0.2) is 13.4 Å². The molecule has 7 heteroatoms. The lowest BCUT2D eigenvalue weighted by atomic mass is 10.00. The van der Waals surface area contributed by atoms with Crippen LogP contribution >= 0.6 is 0 Å². The monoisotopic (exact) mass is 399 g/mol. The number of aryl methyl sites for hydroxylation is 2. The van der Waals surface area contributed by atoms with Gasteiger partial charge < -0.3 is 9.88 Å². The van der Waals surface area contributed by atoms with Gasteiger partial charge in [-0.1, -0.05) is 35.9 Å². The van der Waals surface area contributed by atoms with E-state index < -0.39 is 9.84 Å². The van der Waals surface area contributed by atoms with Crippen molar-refractivity contribution in [3.63, 3.8) is 0 Å². The Hall–Kier alpha value is -2.67. The highest BCUT2D eigenvalue weighted by Crippen LogP contribution is 2.20. The van der Waals surface area contributed by atoms with Crippen molar-refractivity contribution >= 4 is 26.8 Å². The van der Waals surface area contributed by atoms with E-state index in [0.29, 0.717) is 11.3 Å². The number of hydrogen-bond donors (Lipinski definition) is 1. The van der Waals surface area contributed by atoms with Gasteiger partial charge in [0.15, 0.2) is 9.84 Å². The summed E-state index contributed by atoms with van der Waals surface area (Å²) in [6.07, 6.45) is 1.17. The third-order valence-corrected chi connectivity index (χ3v) is 5.49. The minimum atomic E-state index is -3.27. The molecule has 0 aliphatic rings. The van der Waals surface area contributed by atoms with Gasteiger partial charge in [0.05, 0.1) is 17.1 Å². The van der Waals surface area contributed by atoms with Crippen LogP contribution in [-0.4, -0.2) is 30.1 Å². The summed E-state index contributed by atoms with van der Waals surface area (Å²) in [5.41, 5.74) is 4.74. The number of imidazole rings is 1. The number of nitrogens with one attached hydrogen (secondary N) is 1. The molecular formula is C21H25N3O3S. The predicted molar refractivity (Wildman–Crippen MR) is 111 cm³/mol. The third kappa shape index (κ3) is 4.59. The molecule has 1 N–H and O–H groups in total. The maximum absolute atomic E-state index is 12.7. The smallest absolute Gasteiger partial charge is 0.240 e. The van der Waals surface area contributed by atoms with Gasteiger partial charge in [-0.05, 0) is 44.0 Å². The van der Waals surface area contributed by atoms with Crippen LogP contribution in [0, 0.1) is 13.8 Å². The van der Waals surface area contributed by atoms with Gasteiger partial charge in [-0.15, -0.1) is 0 Å². The zero-order valence-corrected chi connectivity index (χ0v) is 17.4. The van der Waals surface area contributed by atoms with Gasteiger partial charge in [-0.3, -0.25) is 4.79 Å². The van der Waals surface area contributed by atoms with Crippen molar-refractivity contribution in [3.8, 4) is 0 Å². The van der Waals surface area contributed by atoms with Gasteiger partial charge in [-0.2, -0.15) is 0 Å². The van der Waals surface area contributed by atoms with E-state index in [1.54, 1.807) is 4.57 Å². The van der Waals surface area contributed by atoms with Crippen LogP contribution in [0.25, 0.3) is 11.0 Å². The molecule has 3 rings (SSSR count). The molecule has 1 aromatic heterocycles. The van der Waals surface area contributed by atoms with Gasteiger partial charge in [0.1, 0.15) is 18.1 Å². The Morgan fingerprint density at radius 2 is 1.89 bits per heavy atom. The minimum absolute atomic E-state index is 0.0145. The highest BCUT2D eigenvalue weighted by atomic mass is 32.2. The Bertz CT molecular complexity index is 1130. The molecule has 2 aromatic carbocycles. The Morgan fingerprint density at radius 3 is 2.61 bits per heavy atom. The molecule has 0 spiro atoms. The molecule has 0 radical (unpaired) electrons. The molecule has 0 aliphatic carbocycles. The molecule has 1 unspecified atom stereocenters. The van der Waals surface area contributed by atoms with Crippen molar-refractivity contribution in [2.75, 3.05) is 6.26 Å². The van der Waals surface area contributed by atoms with E-state index in [0.717, 1.165) is 22.2 Å². The van der Waals surface area contributed by atoms with Crippen LogP contribution in [0.2, 0.25) is 0 Å². The van der Waals surface area contributed by atoms with Crippen LogP contribution in [0.4, 0.5) is 0 Å². The summed E-state index contributed by atoms with van der Waals surface area (Å²) in [5.74, 6) is -0.0221. The Kier molecular flexibility index (Phi) is 5.56. The number of aromatic nitrogens is 2. The summed E-state index contributed by atoms with van der Waals surface area (Å²) in [5, 5.41) is 3.02. The quantitative estimate of drug-likeness (QED) is 0.691. The molecule has 1 atom stereocenters. The Morgan fingerprint density at radius 1 is 1.18 bits per heavy atom. The number of hydrogen-bond acceptors (Lipinski definition) is 4. The third-order valence-electron chi connectivity index (χ3n) is 4.71. The summed E-state index contributed by atoms with van der Waals surface area (Å²) in [6.45, 7) is 6.00. The number of sulfone groups is 1. The molecule has 6 nitrogen and oxygen atoms in total. The van der Waals surface area contributed by atoms with Crippen molar-refractivity contribution in [3.05, 3.63) is 65.0 Å². The second kappa shape index (κ2) is 7.75. The number of carbonyl (C=O) groups is 1. The molecule has 1 amide bonds. The van der Waals surface area contributed by atoms with Crippen LogP contribution < -0.4 is 5.32 Å². The first-order valence-electron chi connectivity index (χ1n) is 9.12. The van der Waals surface area contributed by atoms with Gasteiger partial charge in [0.25, 0.3) is 0 Å². The Labute approximate surface area is 165 Å². The standard InChI is InChI=1S/C21H25N3O3S/c1-14-9-10-15(2)17(11-14)16(3)22-21(25)12-24-19-8-6-5-7-18(19)23-20(24)13-28(4,26)27/h5-11,16H,12-13H2,1-4H3,(H,22,25). The molecule has 3 aromatic rings. The fourth-order valence-electron chi connectivity index (χ4n) is 3.38. The second-order valence-corrected chi connectivity index (χ2v) is 9.46. The van der Waals surface area contributed by atoms with E-state index in [2.05, 4.69) is 16.4 Å². The van der Waals surface area contributed by atoms with Crippen molar-refractivity contribution in [1.29, 1.82) is 0 Å². The number of nitrogens with zero attached hydrogens (tertiary/aromatic N) is 2. The van der Waals surface area contributed by atoms with Gasteiger partial charge >= 0.3 is 0 Å². The fourth-order valence-corrected chi connectivity index (χ4v) is 4.07. The van der Waals surface area contributed by atoms with Crippen LogP contribution in [0.3, 0.4) is 0 Å². The predicted octanol–water partition coefficient (Wildman–Crippen LogP) is 3.08. The highest BCUT2D eigenvalue weighted by molar-refractivity contribution is 7.89. The molecule has 1 heterocycles. The summed E-state index contributed by atoms with van der Waals surface area (Å²) in [7, 11) is -3.27. The molecule has 0 fully saturated rings. The summed E-state index contributed by atoms with van der Waals surface area (Å²) < 4.78 is 25.3. The number of benzene rings is 2. The highest BCUT2D eigenvalue weighted by Gasteiger charge is 2.19. The number of amides is 1. The average molecular weight is 400 g/mol. The van der Waals surface area contributed by atoms with Crippen molar-refractivity contribution < 1.29 is 13.2 Å². The largest absolute Gasteiger partial charge is 0.348 e. The van der Waals surface area contributed by atoms with Crippen LogP contribution in [0.15, 0.2) is 42.5 Å². The van der Waals surface area contributed by atoms with E-state index >= 15 is 0 Å². The maximum Gasteiger partial charge on any atom is 0.240 e. The maximum atomic E-state index is 12.7. The Balaban J connectivity index is 1.86. The van der Waals surface area contributed by atoms with Crippen molar-refractivity contribution in [2.24, 2.45) is 0 Å².